The Morgan fingerprint density at radius 2 is 1.74 bits per heavy atom. The van der Waals surface area contributed by atoms with Crippen LogP contribution in [0.5, 0.6) is 0 Å². The number of amides is 1. The zero-order valence-electron chi connectivity index (χ0n) is 19.7. The third-order valence-corrected chi connectivity index (χ3v) is 5.78. The Labute approximate surface area is 187 Å². The van der Waals surface area contributed by atoms with Crippen molar-refractivity contribution in [3.05, 3.63) is 35.4 Å². The van der Waals surface area contributed by atoms with E-state index in [1.54, 1.807) is 0 Å². The van der Waals surface area contributed by atoms with Crippen LogP contribution in [0.2, 0.25) is 0 Å². The lowest BCUT2D eigenvalue weighted by Crippen LogP contribution is -2.51. The third kappa shape index (κ3) is 9.83. The first-order valence-corrected chi connectivity index (χ1v) is 11.7. The Kier molecular flexibility index (Phi) is 9.97. The van der Waals surface area contributed by atoms with E-state index in [1.165, 1.54) is 30.4 Å². The minimum Gasteiger partial charge on any atom is -0.481 e. The number of ether oxygens (including phenoxy) is 1. The highest BCUT2D eigenvalue weighted by atomic mass is 16.5. The van der Waals surface area contributed by atoms with Crippen molar-refractivity contribution < 1.29 is 23.9 Å². The summed E-state index contributed by atoms with van der Waals surface area (Å²) in [6.07, 6.45) is 7.84. The number of quaternary nitrogens is 1. The van der Waals surface area contributed by atoms with Crippen LogP contribution in [0, 0.1) is 0 Å². The van der Waals surface area contributed by atoms with Gasteiger partial charge in [0.25, 0.3) is 0 Å². The third-order valence-electron chi connectivity index (χ3n) is 5.78. The summed E-state index contributed by atoms with van der Waals surface area (Å²) in [6.45, 7) is 2.78. The number of carboxylic acid groups (broad SMARTS) is 1. The van der Waals surface area contributed by atoms with Crippen molar-refractivity contribution in [1.29, 1.82) is 0 Å². The first kappa shape index (κ1) is 25.3. The molecule has 1 saturated heterocycles. The number of aliphatic carboxylic acids is 1. The quantitative estimate of drug-likeness (QED) is 0.368. The maximum Gasteiger partial charge on any atom is 0.305 e. The maximum absolute atomic E-state index is 12.7. The highest BCUT2D eigenvalue weighted by Crippen LogP contribution is 2.24. The lowest BCUT2D eigenvalue weighted by Gasteiger charge is -2.29. The zero-order valence-corrected chi connectivity index (χ0v) is 19.7. The number of likely N-dealkylation sites (N-methyl/N-ethyl adjacent to an activating group) is 1. The van der Waals surface area contributed by atoms with E-state index < -0.39 is 18.1 Å². The molecule has 0 bridgehead atoms. The first-order chi connectivity index (χ1) is 14.7. The van der Waals surface area contributed by atoms with E-state index in [0.29, 0.717) is 17.4 Å². The Hall–Kier alpha value is -1.92. The summed E-state index contributed by atoms with van der Waals surface area (Å²) >= 11 is 0. The van der Waals surface area contributed by atoms with Gasteiger partial charge in [0, 0.05) is 0 Å². The van der Waals surface area contributed by atoms with Crippen molar-refractivity contribution in [2.45, 2.75) is 83.0 Å². The molecule has 1 heterocycles. The van der Waals surface area contributed by atoms with Crippen LogP contribution in [-0.4, -0.2) is 67.4 Å². The molecule has 174 valence electrons. The summed E-state index contributed by atoms with van der Waals surface area (Å²) in [6, 6.07) is 8.48. The van der Waals surface area contributed by atoms with Crippen LogP contribution in [0.1, 0.15) is 63.0 Å². The molecular weight excluding hydrogens is 392 g/mol. The molecular formula is C25H41N2O4+. The van der Waals surface area contributed by atoms with E-state index in [9.17, 15) is 9.59 Å². The van der Waals surface area contributed by atoms with Gasteiger partial charge in [-0.3, -0.25) is 9.59 Å². The Morgan fingerprint density at radius 1 is 1.10 bits per heavy atom. The highest BCUT2D eigenvalue weighted by molar-refractivity contribution is 5.82. The molecule has 1 aromatic carbocycles. The van der Waals surface area contributed by atoms with Crippen LogP contribution in [0.25, 0.3) is 0 Å². The van der Waals surface area contributed by atoms with E-state index in [1.807, 2.05) is 21.1 Å². The molecule has 2 N–H and O–H groups in total. The number of nitrogens with zero attached hydrogens (tertiary/aromatic N) is 1. The molecule has 0 saturated carbocycles. The summed E-state index contributed by atoms with van der Waals surface area (Å²) < 4.78 is 6.59. The predicted octanol–water partition coefficient (Wildman–Crippen LogP) is 3.57. The Bertz CT molecular complexity index is 696. The lowest BCUT2D eigenvalue weighted by molar-refractivity contribution is -0.871. The molecule has 1 aliphatic heterocycles. The molecule has 0 spiro atoms. The van der Waals surface area contributed by atoms with Gasteiger partial charge in [0.05, 0.1) is 46.3 Å². The first-order valence-electron chi connectivity index (χ1n) is 11.7. The second-order valence-corrected chi connectivity index (χ2v) is 9.91. The van der Waals surface area contributed by atoms with Gasteiger partial charge in [-0.2, -0.15) is 0 Å². The molecule has 0 radical (unpaired) electrons. The summed E-state index contributed by atoms with van der Waals surface area (Å²) in [5.41, 5.74) is 2.70. The number of aryl methyl sites for hydroxylation is 2. The van der Waals surface area contributed by atoms with Gasteiger partial charge >= 0.3 is 5.97 Å². The number of carboxylic acids is 1. The monoisotopic (exact) mass is 433 g/mol. The average molecular weight is 434 g/mol. The van der Waals surface area contributed by atoms with Crippen molar-refractivity contribution >= 4 is 11.9 Å². The molecule has 2 rings (SSSR count). The molecule has 1 aliphatic rings. The minimum absolute atomic E-state index is 0.0775. The van der Waals surface area contributed by atoms with E-state index in [-0.39, 0.29) is 18.4 Å². The lowest BCUT2D eigenvalue weighted by atomic mass is 10.0. The molecule has 3 unspecified atom stereocenters. The number of benzene rings is 1. The fraction of sp³-hybridized carbons (Fsp3) is 0.680. The SMILES string of the molecule is CCCCCc1ccc(CCC2CCC(C(=O)NC(CC(=O)O)C[N+](C)(C)C)O2)cc1. The molecule has 1 fully saturated rings. The standard InChI is InChI=1S/C25H40N2O4/c1-5-6-7-8-19-9-11-20(12-10-19)13-14-22-15-16-23(31-22)25(30)26-21(17-24(28)29)18-27(2,3)4/h9-12,21-23H,5-8,13-18H2,1-4H3,(H-,26,28,29,30)/p+1. The molecule has 31 heavy (non-hydrogen) atoms. The van der Waals surface area contributed by atoms with E-state index in [2.05, 4.69) is 36.5 Å². The second-order valence-electron chi connectivity index (χ2n) is 9.91. The largest absolute Gasteiger partial charge is 0.481 e. The van der Waals surface area contributed by atoms with Gasteiger partial charge in [-0.05, 0) is 49.7 Å². The number of hydrogen-bond acceptors (Lipinski definition) is 3. The average Bonchev–Trinajstić information content (AvgIpc) is 3.15. The number of hydrogen-bond donors (Lipinski definition) is 2. The fourth-order valence-corrected chi connectivity index (χ4v) is 4.22. The Balaban J connectivity index is 1.77. The van der Waals surface area contributed by atoms with Crippen molar-refractivity contribution in [3.8, 4) is 0 Å². The number of unbranched alkanes of at least 4 members (excludes halogenated alkanes) is 2. The normalized spacial score (nSPS) is 19.9. The predicted molar refractivity (Wildman–Crippen MR) is 123 cm³/mol. The molecule has 6 nitrogen and oxygen atoms in total. The van der Waals surface area contributed by atoms with E-state index in [4.69, 9.17) is 9.84 Å². The number of carbonyl (C=O) groups is 2. The van der Waals surface area contributed by atoms with Crippen LogP contribution >= 0.6 is 0 Å². The van der Waals surface area contributed by atoms with Crippen LogP contribution < -0.4 is 5.32 Å². The van der Waals surface area contributed by atoms with Gasteiger partial charge in [-0.1, -0.05) is 44.0 Å². The van der Waals surface area contributed by atoms with Crippen molar-refractivity contribution in [3.63, 3.8) is 0 Å². The maximum atomic E-state index is 12.7. The summed E-state index contributed by atoms with van der Waals surface area (Å²) in [4.78, 5) is 23.8. The van der Waals surface area contributed by atoms with Crippen LogP contribution in [0.15, 0.2) is 24.3 Å². The summed E-state index contributed by atoms with van der Waals surface area (Å²) in [5.74, 6) is -1.08. The van der Waals surface area contributed by atoms with Crippen LogP contribution in [0.3, 0.4) is 0 Å². The van der Waals surface area contributed by atoms with Crippen LogP contribution in [0.4, 0.5) is 0 Å². The van der Waals surface area contributed by atoms with Gasteiger partial charge in [-0.25, -0.2) is 0 Å². The van der Waals surface area contributed by atoms with E-state index in [0.717, 1.165) is 25.7 Å². The molecule has 1 aromatic rings. The molecule has 1 amide bonds. The van der Waals surface area contributed by atoms with Gasteiger partial charge in [0.2, 0.25) is 5.91 Å². The summed E-state index contributed by atoms with van der Waals surface area (Å²) in [7, 11) is 5.96. The van der Waals surface area contributed by atoms with Crippen molar-refractivity contribution in [1.82, 2.24) is 5.32 Å². The summed E-state index contributed by atoms with van der Waals surface area (Å²) in [5, 5.41) is 12.1. The smallest absolute Gasteiger partial charge is 0.305 e. The fourth-order valence-electron chi connectivity index (χ4n) is 4.22. The van der Waals surface area contributed by atoms with Crippen molar-refractivity contribution in [2.24, 2.45) is 0 Å². The molecule has 0 aliphatic carbocycles. The topological polar surface area (TPSA) is 75.6 Å². The number of nitrogens with one attached hydrogen (secondary N) is 1. The second kappa shape index (κ2) is 12.2. The Morgan fingerprint density at radius 3 is 2.32 bits per heavy atom. The van der Waals surface area contributed by atoms with Crippen molar-refractivity contribution in [2.75, 3.05) is 27.7 Å². The zero-order chi connectivity index (χ0) is 22.9. The van der Waals surface area contributed by atoms with E-state index >= 15 is 0 Å². The minimum atomic E-state index is -0.902. The number of carbonyl (C=O) groups excluding carboxylic acids is 1. The molecule has 0 aromatic heterocycles. The molecule has 6 heteroatoms. The van der Waals surface area contributed by atoms with Gasteiger partial charge in [-0.15, -0.1) is 0 Å². The highest BCUT2D eigenvalue weighted by Gasteiger charge is 2.33. The number of rotatable bonds is 13. The van der Waals surface area contributed by atoms with Crippen LogP contribution in [-0.2, 0) is 27.2 Å². The molecule has 3 atom stereocenters. The van der Waals surface area contributed by atoms with Gasteiger partial charge in [0.1, 0.15) is 6.10 Å². The van der Waals surface area contributed by atoms with Gasteiger partial charge < -0.3 is 19.6 Å². The van der Waals surface area contributed by atoms with Gasteiger partial charge in [0.15, 0.2) is 0 Å².